The Bertz CT molecular complexity index is 1060. The zero-order chi connectivity index (χ0) is 17.5. The van der Waals surface area contributed by atoms with Crippen LogP contribution in [0.5, 0.6) is 0 Å². The number of para-hydroxylation sites is 2. The van der Waals surface area contributed by atoms with E-state index in [2.05, 4.69) is 30.8 Å². The molecule has 4 aromatic rings. The lowest BCUT2D eigenvalue weighted by Crippen LogP contribution is -2.25. The van der Waals surface area contributed by atoms with Gasteiger partial charge < -0.3 is 10.3 Å². The molecule has 26 heavy (non-hydrogen) atoms. The molecule has 1 aliphatic rings. The number of thiophene rings is 1. The Morgan fingerprint density at radius 3 is 3.08 bits per heavy atom. The van der Waals surface area contributed by atoms with E-state index in [-0.39, 0.29) is 5.91 Å². The van der Waals surface area contributed by atoms with E-state index in [4.69, 9.17) is 0 Å². The van der Waals surface area contributed by atoms with Crippen molar-refractivity contribution in [3.63, 3.8) is 0 Å². The van der Waals surface area contributed by atoms with Crippen LogP contribution in [0.25, 0.3) is 16.0 Å². The summed E-state index contributed by atoms with van der Waals surface area (Å²) in [5.74, 6) is 0.616. The van der Waals surface area contributed by atoms with Gasteiger partial charge in [0.1, 0.15) is 17.2 Å². The number of fused-ring (bicyclic) bond motifs is 2. The van der Waals surface area contributed by atoms with Gasteiger partial charge in [-0.05, 0) is 47.4 Å². The van der Waals surface area contributed by atoms with Crippen LogP contribution in [-0.4, -0.2) is 36.1 Å². The summed E-state index contributed by atoms with van der Waals surface area (Å²) in [6, 6.07) is 7.81. The molecule has 1 aromatic carbocycles. The standard InChI is InChI=1S/C17H15N7OS/c25-16(18-8-14-20-11-5-1-2-6-12(11)21-14)15-10-4-3-7-13(10)26-17(15)24-9-19-22-23-24/h1-2,5-6,9H,3-4,7-8H2,(H,18,25)(H,20,21). The number of nitrogens with one attached hydrogen (secondary N) is 2. The Labute approximate surface area is 152 Å². The van der Waals surface area contributed by atoms with Crippen LogP contribution < -0.4 is 5.32 Å². The number of carbonyl (C=O) groups is 1. The minimum absolute atomic E-state index is 0.115. The highest BCUT2D eigenvalue weighted by Crippen LogP contribution is 2.37. The Balaban J connectivity index is 1.43. The van der Waals surface area contributed by atoms with Crippen LogP contribution >= 0.6 is 11.3 Å². The lowest BCUT2D eigenvalue weighted by molar-refractivity contribution is 0.0949. The van der Waals surface area contributed by atoms with Crippen molar-refractivity contribution in [3.8, 4) is 5.00 Å². The lowest BCUT2D eigenvalue weighted by atomic mass is 10.1. The molecule has 0 atom stereocenters. The van der Waals surface area contributed by atoms with Crippen LogP contribution in [0.4, 0.5) is 0 Å². The minimum Gasteiger partial charge on any atom is -0.345 e. The molecule has 5 rings (SSSR count). The number of imidazole rings is 1. The number of hydrogen-bond donors (Lipinski definition) is 2. The number of nitrogens with zero attached hydrogens (tertiary/aromatic N) is 5. The topological polar surface area (TPSA) is 101 Å². The number of aryl methyl sites for hydroxylation is 1. The van der Waals surface area contributed by atoms with Crippen LogP contribution in [0.2, 0.25) is 0 Å². The smallest absolute Gasteiger partial charge is 0.255 e. The van der Waals surface area contributed by atoms with Crippen molar-refractivity contribution in [2.24, 2.45) is 0 Å². The number of tetrazole rings is 1. The second-order valence-corrected chi connectivity index (χ2v) is 7.26. The number of amides is 1. The maximum absolute atomic E-state index is 12.9. The third-order valence-electron chi connectivity index (χ3n) is 4.54. The van der Waals surface area contributed by atoms with Gasteiger partial charge in [0.15, 0.2) is 0 Å². The number of carbonyl (C=O) groups excluding carboxylic acids is 1. The molecule has 0 radical (unpaired) electrons. The maximum Gasteiger partial charge on any atom is 0.255 e. The SMILES string of the molecule is O=C(NCc1nc2ccccc2[nH]1)c1c(-n2cnnn2)sc2c1CCC2. The summed E-state index contributed by atoms with van der Waals surface area (Å²) in [7, 11) is 0. The molecule has 1 amide bonds. The fourth-order valence-corrected chi connectivity index (χ4v) is 4.68. The normalized spacial score (nSPS) is 13.2. The molecule has 2 N–H and O–H groups in total. The molecule has 3 aromatic heterocycles. The molecule has 0 spiro atoms. The Morgan fingerprint density at radius 1 is 1.31 bits per heavy atom. The monoisotopic (exact) mass is 365 g/mol. The fourth-order valence-electron chi connectivity index (χ4n) is 3.38. The number of aromatic amines is 1. The fraction of sp³-hybridized carbons (Fsp3) is 0.235. The first-order chi connectivity index (χ1) is 12.8. The van der Waals surface area contributed by atoms with E-state index in [1.807, 2.05) is 24.3 Å². The average molecular weight is 365 g/mol. The number of rotatable bonds is 4. The zero-order valence-electron chi connectivity index (χ0n) is 13.8. The summed E-state index contributed by atoms with van der Waals surface area (Å²) in [5.41, 5.74) is 3.67. The first-order valence-electron chi connectivity index (χ1n) is 8.39. The zero-order valence-corrected chi connectivity index (χ0v) is 14.6. The average Bonchev–Trinajstić information content (AvgIpc) is 3.41. The van der Waals surface area contributed by atoms with Crippen LogP contribution in [0, 0.1) is 0 Å². The summed E-state index contributed by atoms with van der Waals surface area (Å²) in [4.78, 5) is 21.9. The highest BCUT2D eigenvalue weighted by molar-refractivity contribution is 7.15. The van der Waals surface area contributed by atoms with E-state index in [1.54, 1.807) is 16.0 Å². The van der Waals surface area contributed by atoms with Gasteiger partial charge in [-0.15, -0.1) is 16.4 Å². The number of benzene rings is 1. The number of H-pyrrole nitrogens is 1. The predicted molar refractivity (Wildman–Crippen MR) is 96.3 cm³/mol. The van der Waals surface area contributed by atoms with Gasteiger partial charge in [-0.1, -0.05) is 12.1 Å². The summed E-state index contributed by atoms with van der Waals surface area (Å²) in [5, 5.41) is 15.1. The van der Waals surface area contributed by atoms with Crippen LogP contribution in [0.1, 0.15) is 33.0 Å². The van der Waals surface area contributed by atoms with Crippen molar-refractivity contribution < 1.29 is 4.79 Å². The van der Waals surface area contributed by atoms with E-state index in [0.717, 1.165) is 46.7 Å². The van der Waals surface area contributed by atoms with Crippen molar-refractivity contribution in [1.29, 1.82) is 0 Å². The molecule has 1 aliphatic carbocycles. The first-order valence-corrected chi connectivity index (χ1v) is 9.21. The molecular weight excluding hydrogens is 350 g/mol. The summed E-state index contributed by atoms with van der Waals surface area (Å²) >= 11 is 1.60. The number of aromatic nitrogens is 6. The molecule has 0 fully saturated rings. The maximum atomic E-state index is 12.9. The predicted octanol–water partition coefficient (Wildman–Crippen LogP) is 2.02. The van der Waals surface area contributed by atoms with Gasteiger partial charge in [0.05, 0.1) is 23.1 Å². The van der Waals surface area contributed by atoms with Crippen LogP contribution in [0.15, 0.2) is 30.6 Å². The van der Waals surface area contributed by atoms with Crippen molar-refractivity contribution in [2.45, 2.75) is 25.8 Å². The molecule has 8 nitrogen and oxygen atoms in total. The quantitative estimate of drug-likeness (QED) is 0.576. The van der Waals surface area contributed by atoms with E-state index in [1.165, 1.54) is 11.2 Å². The van der Waals surface area contributed by atoms with E-state index >= 15 is 0 Å². The highest BCUT2D eigenvalue weighted by Gasteiger charge is 2.28. The van der Waals surface area contributed by atoms with E-state index < -0.39 is 0 Å². The molecular formula is C17H15N7OS. The van der Waals surface area contributed by atoms with E-state index in [9.17, 15) is 4.79 Å². The first kappa shape index (κ1) is 15.2. The van der Waals surface area contributed by atoms with Gasteiger partial charge in [-0.3, -0.25) is 4.79 Å². The highest BCUT2D eigenvalue weighted by atomic mass is 32.1. The Hall–Kier alpha value is -3.07. The van der Waals surface area contributed by atoms with Gasteiger partial charge >= 0.3 is 0 Å². The van der Waals surface area contributed by atoms with Gasteiger partial charge in [0, 0.05) is 4.88 Å². The third-order valence-corrected chi connectivity index (χ3v) is 5.82. The molecule has 0 bridgehead atoms. The van der Waals surface area contributed by atoms with Crippen molar-refractivity contribution in [1.82, 2.24) is 35.5 Å². The van der Waals surface area contributed by atoms with Gasteiger partial charge in [-0.25, -0.2) is 4.98 Å². The van der Waals surface area contributed by atoms with Gasteiger partial charge in [0.2, 0.25) is 0 Å². The molecule has 0 saturated heterocycles. The molecule has 9 heteroatoms. The van der Waals surface area contributed by atoms with Gasteiger partial charge in [0.25, 0.3) is 5.91 Å². The lowest BCUT2D eigenvalue weighted by Gasteiger charge is -2.06. The molecule has 3 heterocycles. The van der Waals surface area contributed by atoms with E-state index in [0.29, 0.717) is 12.1 Å². The summed E-state index contributed by atoms with van der Waals surface area (Å²) in [6.45, 7) is 0.340. The van der Waals surface area contributed by atoms with Crippen LogP contribution in [-0.2, 0) is 19.4 Å². The Kier molecular flexibility index (Phi) is 3.52. The summed E-state index contributed by atoms with van der Waals surface area (Å²) in [6.07, 6.45) is 4.53. The second kappa shape index (κ2) is 6.03. The van der Waals surface area contributed by atoms with Crippen molar-refractivity contribution in [3.05, 3.63) is 52.4 Å². The molecule has 0 unspecified atom stereocenters. The van der Waals surface area contributed by atoms with Crippen molar-refractivity contribution in [2.75, 3.05) is 0 Å². The van der Waals surface area contributed by atoms with Crippen molar-refractivity contribution >= 4 is 28.3 Å². The third kappa shape index (κ3) is 2.48. The summed E-state index contributed by atoms with van der Waals surface area (Å²) < 4.78 is 1.57. The molecule has 130 valence electrons. The van der Waals surface area contributed by atoms with Crippen LogP contribution in [0.3, 0.4) is 0 Å². The Morgan fingerprint density at radius 2 is 2.23 bits per heavy atom. The van der Waals surface area contributed by atoms with Gasteiger partial charge in [-0.2, -0.15) is 4.68 Å². The second-order valence-electron chi connectivity index (χ2n) is 6.18. The largest absolute Gasteiger partial charge is 0.345 e. The minimum atomic E-state index is -0.115. The number of hydrogen-bond acceptors (Lipinski definition) is 6. The molecule has 0 saturated carbocycles. The molecule has 0 aliphatic heterocycles.